The van der Waals surface area contributed by atoms with E-state index in [1.54, 1.807) is 4.57 Å². The van der Waals surface area contributed by atoms with Crippen LogP contribution in [0.5, 0.6) is 0 Å². The Kier molecular flexibility index (Phi) is 5.18. The van der Waals surface area contributed by atoms with Gasteiger partial charge in [0.05, 0.1) is 10.5 Å². The van der Waals surface area contributed by atoms with E-state index >= 15 is 0 Å². The molecule has 0 saturated carbocycles. The summed E-state index contributed by atoms with van der Waals surface area (Å²) in [5.74, 6) is 0. The van der Waals surface area contributed by atoms with Crippen LogP contribution in [0.3, 0.4) is 0 Å². The quantitative estimate of drug-likeness (QED) is 0.447. The Bertz CT molecular complexity index is 968. The molecule has 3 aromatic rings. The van der Waals surface area contributed by atoms with Crippen molar-refractivity contribution in [2.75, 3.05) is 0 Å². The number of aryl methyl sites for hydroxylation is 1. The summed E-state index contributed by atoms with van der Waals surface area (Å²) in [6, 6.07) is 14.0. The van der Waals surface area contributed by atoms with E-state index in [1.807, 2.05) is 70.2 Å². The van der Waals surface area contributed by atoms with Crippen LogP contribution in [-0.2, 0) is 11.2 Å². The van der Waals surface area contributed by atoms with E-state index in [2.05, 4.69) is 15.9 Å². The molecule has 3 nitrogen and oxygen atoms in total. The first-order valence-electron chi connectivity index (χ1n) is 8.42. The summed E-state index contributed by atoms with van der Waals surface area (Å²) in [5.41, 5.74) is 3.12. The average molecular weight is 435 g/mol. The number of carbonyl (C=O) groups is 1. The smallest absolute Gasteiger partial charge is 0.419 e. The summed E-state index contributed by atoms with van der Waals surface area (Å²) in [7, 11) is 0. The van der Waals surface area contributed by atoms with E-state index in [1.165, 1.54) is 0 Å². The highest BCUT2D eigenvalue weighted by Crippen LogP contribution is 2.31. The molecule has 0 aliphatic heterocycles. The van der Waals surface area contributed by atoms with Crippen LogP contribution < -0.4 is 0 Å². The van der Waals surface area contributed by atoms with Gasteiger partial charge in [0.1, 0.15) is 5.60 Å². The third-order valence-electron chi connectivity index (χ3n) is 3.94. The first kappa shape index (κ1) is 19.0. The predicted octanol–water partition coefficient (Wildman–Crippen LogP) is 6.74. The molecular formula is C21H21BrClNO2. The van der Waals surface area contributed by atoms with Crippen LogP contribution in [0.4, 0.5) is 4.79 Å². The zero-order valence-corrected chi connectivity index (χ0v) is 17.6. The minimum atomic E-state index is -0.584. The highest BCUT2D eigenvalue weighted by molar-refractivity contribution is 9.10. The molecule has 0 bridgehead atoms. The molecule has 0 aliphatic rings. The second-order valence-corrected chi connectivity index (χ2v) is 8.76. The lowest BCUT2D eigenvalue weighted by atomic mass is 10.1. The van der Waals surface area contributed by atoms with Gasteiger partial charge in [-0.25, -0.2) is 9.36 Å². The van der Waals surface area contributed by atoms with E-state index in [-0.39, 0.29) is 0 Å². The van der Waals surface area contributed by atoms with Gasteiger partial charge < -0.3 is 4.74 Å². The van der Waals surface area contributed by atoms with E-state index in [9.17, 15) is 4.79 Å². The van der Waals surface area contributed by atoms with Crippen LogP contribution in [0.1, 0.15) is 37.6 Å². The number of ether oxygens (including phenoxy) is 1. The van der Waals surface area contributed by atoms with Crippen LogP contribution in [0, 0.1) is 6.92 Å². The third kappa shape index (κ3) is 4.13. The Labute approximate surface area is 167 Å². The summed E-state index contributed by atoms with van der Waals surface area (Å²) < 4.78 is 8.25. The van der Waals surface area contributed by atoms with Crippen LogP contribution in [-0.4, -0.2) is 16.3 Å². The zero-order valence-electron chi connectivity index (χ0n) is 15.3. The van der Waals surface area contributed by atoms with Crippen molar-refractivity contribution in [3.05, 3.63) is 68.8 Å². The molecule has 0 saturated heterocycles. The summed E-state index contributed by atoms with van der Waals surface area (Å²) in [4.78, 5) is 12.9. The van der Waals surface area contributed by atoms with Gasteiger partial charge in [0, 0.05) is 22.0 Å². The molecule has 0 aliphatic carbocycles. The molecule has 0 atom stereocenters. The van der Waals surface area contributed by atoms with E-state index < -0.39 is 11.7 Å². The van der Waals surface area contributed by atoms with Gasteiger partial charge in [-0.1, -0.05) is 39.7 Å². The largest absolute Gasteiger partial charge is 0.443 e. The molecule has 2 aromatic carbocycles. The van der Waals surface area contributed by atoms with Crippen molar-refractivity contribution in [1.29, 1.82) is 0 Å². The number of fused-ring (bicyclic) bond motifs is 1. The number of halogens is 2. The van der Waals surface area contributed by atoms with Gasteiger partial charge in [-0.05, 0) is 69.2 Å². The summed E-state index contributed by atoms with van der Waals surface area (Å²) >= 11 is 9.94. The lowest BCUT2D eigenvalue weighted by molar-refractivity contribution is 0.0541. The molecule has 0 unspecified atom stereocenters. The van der Waals surface area contributed by atoms with Crippen molar-refractivity contribution in [2.45, 2.75) is 39.7 Å². The van der Waals surface area contributed by atoms with Gasteiger partial charge >= 0.3 is 6.09 Å². The molecule has 5 heteroatoms. The molecule has 0 amide bonds. The molecule has 1 aromatic heterocycles. The van der Waals surface area contributed by atoms with Crippen molar-refractivity contribution in [1.82, 2.24) is 4.57 Å². The summed E-state index contributed by atoms with van der Waals surface area (Å²) in [5, 5.41) is 1.49. The maximum absolute atomic E-state index is 12.9. The van der Waals surface area contributed by atoms with Gasteiger partial charge in [-0.2, -0.15) is 0 Å². The minimum absolute atomic E-state index is 0.412. The van der Waals surface area contributed by atoms with Crippen molar-refractivity contribution >= 4 is 44.5 Å². The first-order valence-corrected chi connectivity index (χ1v) is 9.59. The number of carbonyl (C=O) groups excluding carboxylic acids is 1. The molecular weight excluding hydrogens is 414 g/mol. The van der Waals surface area contributed by atoms with Crippen LogP contribution in [0.2, 0.25) is 5.02 Å². The molecule has 26 heavy (non-hydrogen) atoms. The van der Waals surface area contributed by atoms with Crippen LogP contribution in [0.25, 0.3) is 10.9 Å². The highest BCUT2D eigenvalue weighted by atomic mass is 79.9. The van der Waals surface area contributed by atoms with E-state index in [0.717, 1.165) is 26.7 Å². The van der Waals surface area contributed by atoms with Gasteiger partial charge in [0.2, 0.25) is 0 Å². The third-order valence-corrected chi connectivity index (χ3v) is 4.76. The molecule has 0 spiro atoms. The van der Waals surface area contributed by atoms with Crippen LogP contribution in [0.15, 0.2) is 46.9 Å². The maximum atomic E-state index is 12.9. The average Bonchev–Trinajstić information content (AvgIpc) is 2.86. The molecule has 0 fully saturated rings. The number of hydrogen-bond donors (Lipinski definition) is 0. The molecule has 136 valence electrons. The molecule has 0 N–H and O–H groups in total. The monoisotopic (exact) mass is 433 g/mol. The molecule has 3 rings (SSSR count). The Morgan fingerprint density at radius 1 is 1.15 bits per heavy atom. The van der Waals surface area contributed by atoms with Crippen molar-refractivity contribution < 1.29 is 9.53 Å². The van der Waals surface area contributed by atoms with Gasteiger partial charge in [0.25, 0.3) is 0 Å². The van der Waals surface area contributed by atoms with Crippen molar-refractivity contribution in [3.63, 3.8) is 0 Å². The Balaban J connectivity index is 2.14. The second kappa shape index (κ2) is 7.09. The number of rotatable bonds is 2. The fourth-order valence-electron chi connectivity index (χ4n) is 2.95. The lowest BCUT2D eigenvalue weighted by Crippen LogP contribution is -2.28. The van der Waals surface area contributed by atoms with Crippen molar-refractivity contribution in [2.24, 2.45) is 0 Å². The van der Waals surface area contributed by atoms with E-state index in [0.29, 0.717) is 17.0 Å². The standard InChI is InChI=1S/C21H21BrClNO2/c1-13-9-15-12-17(11-14-5-7-16(22)8-6-14)24(19(15)18(23)10-13)20(25)26-21(2,3)4/h5-10,12H,11H2,1-4H3. The van der Waals surface area contributed by atoms with Crippen molar-refractivity contribution in [3.8, 4) is 0 Å². The second-order valence-electron chi connectivity index (χ2n) is 7.44. The number of hydrogen-bond acceptors (Lipinski definition) is 2. The Morgan fingerprint density at radius 3 is 2.42 bits per heavy atom. The maximum Gasteiger partial charge on any atom is 0.419 e. The normalized spacial score (nSPS) is 11.8. The Morgan fingerprint density at radius 2 is 1.81 bits per heavy atom. The predicted molar refractivity (Wildman–Crippen MR) is 110 cm³/mol. The highest BCUT2D eigenvalue weighted by Gasteiger charge is 2.23. The fourth-order valence-corrected chi connectivity index (χ4v) is 3.58. The fraction of sp³-hybridized carbons (Fsp3) is 0.286. The topological polar surface area (TPSA) is 31.2 Å². The minimum Gasteiger partial charge on any atom is -0.443 e. The van der Waals surface area contributed by atoms with Crippen LogP contribution >= 0.6 is 27.5 Å². The number of benzene rings is 2. The Hall–Kier alpha value is -1.78. The number of aromatic nitrogens is 1. The van der Waals surface area contributed by atoms with Gasteiger partial charge in [-0.15, -0.1) is 0 Å². The molecule has 1 heterocycles. The zero-order chi connectivity index (χ0) is 19.1. The summed E-state index contributed by atoms with van der Waals surface area (Å²) in [6.07, 6.45) is 0.196. The lowest BCUT2D eigenvalue weighted by Gasteiger charge is -2.21. The van der Waals surface area contributed by atoms with Gasteiger partial charge in [0.15, 0.2) is 0 Å². The number of nitrogens with zero attached hydrogens (tertiary/aromatic N) is 1. The van der Waals surface area contributed by atoms with E-state index in [4.69, 9.17) is 16.3 Å². The summed E-state index contributed by atoms with van der Waals surface area (Å²) in [6.45, 7) is 7.56. The first-order chi connectivity index (χ1) is 12.1. The SMILES string of the molecule is Cc1cc(Cl)c2c(c1)cc(Cc1ccc(Br)cc1)n2C(=O)OC(C)(C)C. The van der Waals surface area contributed by atoms with Gasteiger partial charge in [-0.3, -0.25) is 0 Å². The molecule has 0 radical (unpaired) electrons.